The van der Waals surface area contributed by atoms with Crippen LogP contribution in [0, 0.1) is 17.2 Å². The van der Waals surface area contributed by atoms with Crippen molar-refractivity contribution in [2.45, 2.75) is 32.4 Å². The Hall–Kier alpha value is -0.590. The molecule has 0 aromatic rings. The molecule has 0 aliphatic carbocycles. The predicted octanol–water partition coefficient (Wildman–Crippen LogP) is 0.601. The van der Waals surface area contributed by atoms with Crippen molar-refractivity contribution in [3.63, 3.8) is 0 Å². The number of nitrogens with zero attached hydrogens (tertiary/aromatic N) is 2. The molecule has 68 valence electrons. The highest BCUT2D eigenvalue weighted by molar-refractivity contribution is 5.10. The Morgan fingerprint density at radius 3 is 2.33 bits per heavy atom. The van der Waals surface area contributed by atoms with Gasteiger partial charge >= 0.3 is 0 Å². The van der Waals surface area contributed by atoms with Crippen molar-refractivity contribution < 1.29 is 5.11 Å². The van der Waals surface area contributed by atoms with Gasteiger partial charge in [0.1, 0.15) is 5.54 Å². The van der Waals surface area contributed by atoms with Gasteiger partial charge in [0, 0.05) is 13.1 Å². The highest BCUT2D eigenvalue weighted by Gasteiger charge is 2.41. The first-order chi connectivity index (χ1) is 5.50. The average molecular weight is 168 g/mol. The SMILES string of the molecule is CC(C)[C@](C)(C#N)N1CC(O)C1. The fourth-order valence-electron chi connectivity index (χ4n) is 1.40. The van der Waals surface area contributed by atoms with Crippen molar-refractivity contribution in [2.75, 3.05) is 13.1 Å². The maximum Gasteiger partial charge on any atom is 0.108 e. The zero-order valence-electron chi connectivity index (χ0n) is 7.91. The van der Waals surface area contributed by atoms with Crippen LogP contribution in [0.2, 0.25) is 0 Å². The Morgan fingerprint density at radius 1 is 1.58 bits per heavy atom. The van der Waals surface area contributed by atoms with E-state index in [9.17, 15) is 0 Å². The number of nitriles is 1. The molecule has 1 N–H and O–H groups in total. The summed E-state index contributed by atoms with van der Waals surface area (Å²) in [5.41, 5.74) is -0.404. The van der Waals surface area contributed by atoms with Gasteiger partial charge in [-0.2, -0.15) is 5.26 Å². The van der Waals surface area contributed by atoms with Crippen molar-refractivity contribution >= 4 is 0 Å². The van der Waals surface area contributed by atoms with E-state index < -0.39 is 5.54 Å². The molecule has 0 aromatic carbocycles. The van der Waals surface area contributed by atoms with Crippen LogP contribution in [-0.4, -0.2) is 34.7 Å². The maximum atomic E-state index is 9.11. The largest absolute Gasteiger partial charge is 0.390 e. The molecule has 0 aromatic heterocycles. The van der Waals surface area contributed by atoms with E-state index in [1.807, 2.05) is 25.7 Å². The normalized spacial score (nSPS) is 24.7. The van der Waals surface area contributed by atoms with Crippen LogP contribution in [0.1, 0.15) is 20.8 Å². The van der Waals surface area contributed by atoms with Gasteiger partial charge in [0.2, 0.25) is 0 Å². The summed E-state index contributed by atoms with van der Waals surface area (Å²) >= 11 is 0. The Labute approximate surface area is 73.6 Å². The molecule has 0 saturated carbocycles. The number of β-amino-alcohol motifs (C(OH)–C–C–N with tert-alkyl or cyclic N) is 1. The molecule has 1 heterocycles. The number of aliphatic hydroxyl groups is 1. The number of rotatable bonds is 2. The molecule has 0 unspecified atom stereocenters. The monoisotopic (exact) mass is 168 g/mol. The standard InChI is InChI=1S/C9H16N2O/c1-7(2)9(3,6-10)11-4-8(12)5-11/h7-8,12H,4-5H2,1-3H3/t9-/m0/s1. The first kappa shape index (κ1) is 9.50. The summed E-state index contributed by atoms with van der Waals surface area (Å²) in [5.74, 6) is 0.301. The summed E-state index contributed by atoms with van der Waals surface area (Å²) in [6.45, 7) is 7.29. The first-order valence-corrected chi connectivity index (χ1v) is 4.35. The smallest absolute Gasteiger partial charge is 0.108 e. The van der Waals surface area contributed by atoms with Crippen molar-refractivity contribution in [1.82, 2.24) is 4.90 Å². The number of hydrogen-bond donors (Lipinski definition) is 1. The third-order valence-electron chi connectivity index (χ3n) is 2.87. The summed E-state index contributed by atoms with van der Waals surface area (Å²) in [6.07, 6.45) is -0.226. The van der Waals surface area contributed by atoms with Crippen LogP contribution in [-0.2, 0) is 0 Å². The third kappa shape index (κ3) is 1.33. The molecule has 3 heteroatoms. The van der Waals surface area contributed by atoms with Crippen LogP contribution in [0.4, 0.5) is 0 Å². The van der Waals surface area contributed by atoms with Gasteiger partial charge in [-0.1, -0.05) is 13.8 Å². The van der Waals surface area contributed by atoms with Crippen molar-refractivity contribution in [3.8, 4) is 6.07 Å². The van der Waals surface area contributed by atoms with E-state index in [0.29, 0.717) is 19.0 Å². The van der Waals surface area contributed by atoms with Gasteiger partial charge in [0.05, 0.1) is 12.2 Å². The van der Waals surface area contributed by atoms with Gasteiger partial charge in [0.25, 0.3) is 0 Å². The molecule has 3 nitrogen and oxygen atoms in total. The Kier molecular flexibility index (Phi) is 2.41. The Morgan fingerprint density at radius 2 is 2.08 bits per heavy atom. The van der Waals surface area contributed by atoms with E-state index in [1.54, 1.807) is 0 Å². The van der Waals surface area contributed by atoms with Gasteiger partial charge in [0.15, 0.2) is 0 Å². The molecular weight excluding hydrogens is 152 g/mol. The lowest BCUT2D eigenvalue weighted by molar-refractivity contribution is -0.0560. The van der Waals surface area contributed by atoms with Crippen LogP contribution >= 0.6 is 0 Å². The van der Waals surface area contributed by atoms with E-state index in [1.165, 1.54) is 0 Å². The fraction of sp³-hybridized carbons (Fsp3) is 0.889. The molecule has 0 amide bonds. The van der Waals surface area contributed by atoms with E-state index in [-0.39, 0.29) is 6.10 Å². The second kappa shape index (κ2) is 3.04. The highest BCUT2D eigenvalue weighted by atomic mass is 16.3. The van der Waals surface area contributed by atoms with E-state index in [0.717, 1.165) is 0 Å². The summed E-state index contributed by atoms with van der Waals surface area (Å²) in [7, 11) is 0. The fourth-order valence-corrected chi connectivity index (χ4v) is 1.40. The predicted molar refractivity (Wildman–Crippen MR) is 46.4 cm³/mol. The van der Waals surface area contributed by atoms with Crippen LogP contribution in [0.15, 0.2) is 0 Å². The Bertz CT molecular complexity index is 203. The topological polar surface area (TPSA) is 47.3 Å². The molecule has 1 atom stereocenters. The van der Waals surface area contributed by atoms with Gasteiger partial charge < -0.3 is 5.11 Å². The van der Waals surface area contributed by atoms with Crippen LogP contribution in [0.5, 0.6) is 0 Å². The minimum Gasteiger partial charge on any atom is -0.390 e. The molecule has 1 rings (SSSR count). The maximum absolute atomic E-state index is 9.11. The van der Waals surface area contributed by atoms with Crippen LogP contribution in [0.25, 0.3) is 0 Å². The minimum absolute atomic E-state index is 0.226. The second-order valence-corrected chi connectivity index (χ2v) is 3.97. The number of aliphatic hydroxyl groups excluding tert-OH is 1. The van der Waals surface area contributed by atoms with Crippen molar-refractivity contribution in [2.24, 2.45) is 5.92 Å². The lowest BCUT2D eigenvalue weighted by Crippen LogP contribution is -2.62. The first-order valence-electron chi connectivity index (χ1n) is 4.35. The zero-order chi connectivity index (χ0) is 9.35. The lowest BCUT2D eigenvalue weighted by Gasteiger charge is -2.47. The zero-order valence-corrected chi connectivity index (χ0v) is 7.91. The average Bonchev–Trinajstić information content (AvgIpc) is 1.97. The van der Waals surface area contributed by atoms with Crippen molar-refractivity contribution in [3.05, 3.63) is 0 Å². The highest BCUT2D eigenvalue weighted by Crippen LogP contribution is 2.28. The quantitative estimate of drug-likeness (QED) is 0.657. The number of likely N-dealkylation sites (tertiary alicyclic amines) is 1. The van der Waals surface area contributed by atoms with Gasteiger partial charge in [-0.15, -0.1) is 0 Å². The molecule has 1 fully saturated rings. The minimum atomic E-state index is -0.404. The molecule has 1 aliphatic rings. The summed E-state index contributed by atoms with van der Waals surface area (Å²) in [4.78, 5) is 2.03. The molecule has 0 bridgehead atoms. The third-order valence-corrected chi connectivity index (χ3v) is 2.87. The Balaban J connectivity index is 2.64. The molecule has 12 heavy (non-hydrogen) atoms. The molecule has 1 saturated heterocycles. The second-order valence-electron chi connectivity index (χ2n) is 3.97. The lowest BCUT2D eigenvalue weighted by atomic mass is 9.85. The van der Waals surface area contributed by atoms with Crippen LogP contribution < -0.4 is 0 Å². The van der Waals surface area contributed by atoms with E-state index >= 15 is 0 Å². The molecular formula is C9H16N2O. The van der Waals surface area contributed by atoms with Crippen LogP contribution in [0.3, 0.4) is 0 Å². The van der Waals surface area contributed by atoms with E-state index in [2.05, 4.69) is 6.07 Å². The van der Waals surface area contributed by atoms with E-state index in [4.69, 9.17) is 10.4 Å². The summed E-state index contributed by atoms with van der Waals surface area (Å²) in [5, 5.41) is 18.1. The van der Waals surface area contributed by atoms with Gasteiger partial charge in [-0.05, 0) is 12.8 Å². The number of hydrogen-bond acceptors (Lipinski definition) is 3. The van der Waals surface area contributed by atoms with Gasteiger partial charge in [-0.25, -0.2) is 0 Å². The molecule has 0 radical (unpaired) electrons. The van der Waals surface area contributed by atoms with Crippen molar-refractivity contribution in [1.29, 1.82) is 5.26 Å². The molecule has 1 aliphatic heterocycles. The van der Waals surface area contributed by atoms with Gasteiger partial charge in [-0.3, -0.25) is 4.90 Å². The summed E-state index contributed by atoms with van der Waals surface area (Å²) in [6, 6.07) is 2.32. The summed E-state index contributed by atoms with van der Waals surface area (Å²) < 4.78 is 0. The molecule has 0 spiro atoms.